The van der Waals surface area contributed by atoms with Crippen LogP contribution in [0.4, 0.5) is 4.39 Å². The maximum atomic E-state index is 13.0. The number of carbonyl (C=O) groups is 2. The first kappa shape index (κ1) is 11.6. The van der Waals surface area contributed by atoms with Crippen LogP contribution in [0.3, 0.4) is 0 Å². The molecule has 4 nitrogen and oxygen atoms in total. The number of Topliss-reactive ketones (excluding diaryl/α,β-unsaturated/α-hetero) is 1. The van der Waals surface area contributed by atoms with Crippen molar-refractivity contribution in [2.75, 3.05) is 13.1 Å². The van der Waals surface area contributed by atoms with Crippen molar-refractivity contribution in [1.82, 2.24) is 4.90 Å². The molecule has 2 rings (SSSR count). The molecule has 0 atom stereocenters. The van der Waals surface area contributed by atoms with Crippen LogP contribution >= 0.6 is 0 Å². The number of benzene rings is 1. The lowest BCUT2D eigenvalue weighted by Gasteiger charge is -2.26. The third-order valence-corrected chi connectivity index (χ3v) is 2.73. The third kappa shape index (κ3) is 2.43. The van der Waals surface area contributed by atoms with Gasteiger partial charge in [0.25, 0.3) is 5.91 Å². The van der Waals surface area contributed by atoms with Gasteiger partial charge in [-0.25, -0.2) is 4.39 Å². The van der Waals surface area contributed by atoms with Crippen LogP contribution in [0.25, 0.3) is 0 Å². The van der Waals surface area contributed by atoms with Crippen LogP contribution in [0, 0.1) is 5.82 Å². The maximum absolute atomic E-state index is 13.0. The Balaban J connectivity index is 2.24. The summed E-state index contributed by atoms with van der Waals surface area (Å²) in [5, 5.41) is 9.50. The van der Waals surface area contributed by atoms with Crippen LogP contribution in [-0.4, -0.2) is 34.8 Å². The zero-order chi connectivity index (χ0) is 12.4. The van der Waals surface area contributed by atoms with Gasteiger partial charge in [0, 0.05) is 13.0 Å². The Kier molecular flexibility index (Phi) is 3.08. The lowest BCUT2D eigenvalue weighted by atomic mass is 10.1. The van der Waals surface area contributed by atoms with Crippen molar-refractivity contribution in [3.63, 3.8) is 0 Å². The molecule has 0 bridgehead atoms. The van der Waals surface area contributed by atoms with E-state index in [1.807, 2.05) is 0 Å². The van der Waals surface area contributed by atoms with Crippen molar-refractivity contribution in [3.8, 4) is 5.75 Å². The van der Waals surface area contributed by atoms with Crippen molar-refractivity contribution in [2.24, 2.45) is 0 Å². The molecule has 1 N–H and O–H groups in total. The molecule has 1 heterocycles. The fourth-order valence-electron chi connectivity index (χ4n) is 1.86. The molecule has 0 unspecified atom stereocenters. The fraction of sp³-hybridized carbons (Fsp3) is 0.333. The van der Waals surface area contributed by atoms with Gasteiger partial charge < -0.3 is 10.0 Å². The van der Waals surface area contributed by atoms with E-state index in [-0.39, 0.29) is 23.6 Å². The second-order valence-corrected chi connectivity index (χ2v) is 4.03. The average molecular weight is 237 g/mol. The molecule has 0 aliphatic carbocycles. The summed E-state index contributed by atoms with van der Waals surface area (Å²) in [5.74, 6) is -1.38. The summed E-state index contributed by atoms with van der Waals surface area (Å²) in [6.45, 7) is 0.495. The van der Waals surface area contributed by atoms with Gasteiger partial charge >= 0.3 is 0 Å². The fourth-order valence-corrected chi connectivity index (χ4v) is 1.86. The van der Waals surface area contributed by atoms with Crippen LogP contribution in [0.1, 0.15) is 23.2 Å². The average Bonchev–Trinajstić information content (AvgIpc) is 2.31. The van der Waals surface area contributed by atoms with Crippen molar-refractivity contribution in [3.05, 3.63) is 29.6 Å². The summed E-state index contributed by atoms with van der Waals surface area (Å²) in [5.41, 5.74) is -0.0975. The molecule has 0 spiro atoms. The first-order chi connectivity index (χ1) is 8.08. The highest BCUT2D eigenvalue weighted by Gasteiger charge is 2.24. The van der Waals surface area contributed by atoms with Crippen LogP contribution in [0.15, 0.2) is 18.2 Å². The van der Waals surface area contributed by atoms with Gasteiger partial charge in [-0.3, -0.25) is 9.59 Å². The van der Waals surface area contributed by atoms with Gasteiger partial charge in [0.05, 0.1) is 12.1 Å². The molecule has 0 aromatic heterocycles. The van der Waals surface area contributed by atoms with Crippen LogP contribution < -0.4 is 0 Å². The predicted octanol–water partition coefficient (Wildman–Crippen LogP) is 1.34. The van der Waals surface area contributed by atoms with Crippen LogP contribution in [0.5, 0.6) is 5.75 Å². The minimum atomic E-state index is -0.588. The Hall–Kier alpha value is -1.91. The summed E-state index contributed by atoms with van der Waals surface area (Å²) >= 11 is 0. The second-order valence-electron chi connectivity index (χ2n) is 4.03. The minimum Gasteiger partial charge on any atom is -0.507 e. The van der Waals surface area contributed by atoms with E-state index < -0.39 is 11.7 Å². The number of rotatable bonds is 1. The monoisotopic (exact) mass is 237 g/mol. The van der Waals surface area contributed by atoms with E-state index in [0.717, 1.165) is 18.2 Å². The maximum Gasteiger partial charge on any atom is 0.258 e. The van der Waals surface area contributed by atoms with E-state index in [2.05, 4.69) is 0 Å². The van der Waals surface area contributed by atoms with Gasteiger partial charge in [0.2, 0.25) is 0 Å². The zero-order valence-electron chi connectivity index (χ0n) is 9.15. The quantitative estimate of drug-likeness (QED) is 0.801. The lowest BCUT2D eigenvalue weighted by Crippen LogP contribution is -2.40. The first-order valence-corrected chi connectivity index (χ1v) is 5.37. The van der Waals surface area contributed by atoms with E-state index in [1.54, 1.807) is 0 Å². The van der Waals surface area contributed by atoms with Gasteiger partial charge in [-0.1, -0.05) is 0 Å². The Bertz CT molecular complexity index is 473. The molecular formula is C12H12FNO3. The van der Waals surface area contributed by atoms with E-state index >= 15 is 0 Å². The van der Waals surface area contributed by atoms with Crippen molar-refractivity contribution >= 4 is 11.7 Å². The highest BCUT2D eigenvalue weighted by atomic mass is 19.1. The van der Waals surface area contributed by atoms with E-state index in [4.69, 9.17) is 0 Å². The molecule has 90 valence electrons. The van der Waals surface area contributed by atoms with Gasteiger partial charge in [0.15, 0.2) is 5.78 Å². The van der Waals surface area contributed by atoms with Gasteiger partial charge in [-0.05, 0) is 24.6 Å². The summed E-state index contributed by atoms with van der Waals surface area (Å²) in [4.78, 5) is 24.5. The molecule has 1 aromatic carbocycles. The molecule has 1 saturated heterocycles. The number of hydrogen-bond acceptors (Lipinski definition) is 3. The van der Waals surface area contributed by atoms with E-state index in [9.17, 15) is 19.1 Å². The number of halogens is 1. The molecular weight excluding hydrogens is 225 g/mol. The Labute approximate surface area is 97.7 Å². The normalized spacial score (nSPS) is 16.1. The van der Waals surface area contributed by atoms with Crippen molar-refractivity contribution < 1.29 is 19.1 Å². The molecule has 1 aromatic rings. The summed E-state index contributed by atoms with van der Waals surface area (Å²) in [6, 6.07) is 3.19. The molecule has 17 heavy (non-hydrogen) atoms. The smallest absolute Gasteiger partial charge is 0.258 e. The number of phenols is 1. The molecule has 5 heteroatoms. The predicted molar refractivity (Wildman–Crippen MR) is 58.2 cm³/mol. The number of amides is 1. The molecule has 1 fully saturated rings. The number of carbonyl (C=O) groups excluding carboxylic acids is 2. The standard InChI is InChI=1S/C12H12FNO3/c13-8-3-4-11(16)10(6-8)12(17)14-5-1-2-9(15)7-14/h3-4,6,16H,1-2,5,7H2. The summed E-state index contributed by atoms with van der Waals surface area (Å²) in [6.07, 6.45) is 1.08. The lowest BCUT2D eigenvalue weighted by molar-refractivity contribution is -0.121. The molecule has 0 saturated carbocycles. The van der Waals surface area contributed by atoms with Crippen LogP contribution in [0.2, 0.25) is 0 Å². The zero-order valence-corrected chi connectivity index (χ0v) is 9.15. The van der Waals surface area contributed by atoms with E-state index in [0.29, 0.717) is 19.4 Å². The molecule has 1 aliphatic rings. The highest BCUT2D eigenvalue weighted by Crippen LogP contribution is 2.21. The summed E-state index contributed by atoms with van der Waals surface area (Å²) in [7, 11) is 0. The number of ketones is 1. The topological polar surface area (TPSA) is 57.6 Å². The van der Waals surface area contributed by atoms with Crippen molar-refractivity contribution in [1.29, 1.82) is 0 Å². The van der Waals surface area contributed by atoms with E-state index in [1.165, 1.54) is 4.90 Å². The largest absolute Gasteiger partial charge is 0.507 e. The first-order valence-electron chi connectivity index (χ1n) is 5.37. The SMILES string of the molecule is O=C1CCCN(C(=O)c2cc(F)ccc2O)C1. The Morgan fingerprint density at radius 1 is 1.41 bits per heavy atom. The number of aromatic hydroxyl groups is 1. The number of hydrogen-bond donors (Lipinski definition) is 1. The van der Waals surface area contributed by atoms with Gasteiger partial charge in [-0.2, -0.15) is 0 Å². The number of piperidine rings is 1. The Morgan fingerprint density at radius 2 is 2.18 bits per heavy atom. The molecule has 1 amide bonds. The van der Waals surface area contributed by atoms with Gasteiger partial charge in [0.1, 0.15) is 11.6 Å². The number of phenolic OH excluding ortho intramolecular Hbond substituents is 1. The number of nitrogens with zero attached hydrogens (tertiary/aromatic N) is 1. The molecule has 0 radical (unpaired) electrons. The highest BCUT2D eigenvalue weighted by molar-refractivity contribution is 5.99. The van der Waals surface area contributed by atoms with Crippen LogP contribution in [-0.2, 0) is 4.79 Å². The second kappa shape index (κ2) is 4.53. The Morgan fingerprint density at radius 3 is 2.88 bits per heavy atom. The molecule has 1 aliphatic heterocycles. The van der Waals surface area contributed by atoms with Crippen molar-refractivity contribution in [2.45, 2.75) is 12.8 Å². The third-order valence-electron chi connectivity index (χ3n) is 2.73. The minimum absolute atomic E-state index is 0.0134. The number of likely N-dealkylation sites (tertiary alicyclic amines) is 1. The summed E-state index contributed by atoms with van der Waals surface area (Å²) < 4.78 is 13.0. The van der Waals surface area contributed by atoms with Gasteiger partial charge in [-0.15, -0.1) is 0 Å².